The van der Waals surface area contributed by atoms with Gasteiger partial charge in [-0.1, -0.05) is 23.4 Å². The smallest absolute Gasteiger partial charge is 0.412 e. The Morgan fingerprint density at radius 3 is 2.42 bits per heavy atom. The van der Waals surface area contributed by atoms with Crippen LogP contribution in [-0.2, 0) is 14.8 Å². The van der Waals surface area contributed by atoms with E-state index in [2.05, 4.69) is 0 Å². The maximum atomic E-state index is 13.5. The Labute approximate surface area is 201 Å². The van der Waals surface area contributed by atoms with Crippen LogP contribution in [0.3, 0.4) is 0 Å². The first-order chi connectivity index (χ1) is 15.4. The lowest BCUT2D eigenvalue weighted by Gasteiger charge is -2.34. The van der Waals surface area contributed by atoms with E-state index >= 15 is 0 Å². The normalized spacial score (nSPS) is 15.2. The first-order valence-electron chi connectivity index (χ1n) is 9.81. The van der Waals surface area contributed by atoms with Gasteiger partial charge in [0.1, 0.15) is 5.75 Å². The lowest BCUT2D eigenvalue weighted by molar-refractivity contribution is -0.140. The molecule has 0 atom stereocenters. The lowest BCUT2D eigenvalue weighted by atomic mass is 10.2. The molecule has 33 heavy (non-hydrogen) atoms. The highest BCUT2D eigenvalue weighted by molar-refractivity contribution is 8.00. The van der Waals surface area contributed by atoms with Gasteiger partial charge in [0.15, 0.2) is 0 Å². The first kappa shape index (κ1) is 25.1. The SMILES string of the molecule is CC(C)(O)OC(=O)N1CCN(S(=O)(=O)c2cc(C#N)ccc2Sc2cc(O)cc(Cl)c2)CC1. The Bertz CT molecular complexity index is 1180. The van der Waals surface area contributed by atoms with Crippen molar-refractivity contribution >= 4 is 39.5 Å². The molecule has 2 N–H and O–H groups in total. The Hall–Kier alpha value is -2.49. The molecule has 2 aromatic rings. The molecular weight excluding hydrogens is 490 g/mol. The van der Waals surface area contributed by atoms with Crippen molar-refractivity contribution in [2.45, 2.75) is 34.3 Å². The predicted octanol–water partition coefficient (Wildman–Crippen LogP) is 3.24. The zero-order chi connectivity index (χ0) is 24.4. The number of hydrogen-bond donors (Lipinski definition) is 2. The molecule has 0 bridgehead atoms. The molecule has 0 radical (unpaired) electrons. The van der Waals surface area contributed by atoms with E-state index in [1.807, 2.05) is 6.07 Å². The van der Waals surface area contributed by atoms with Crippen LogP contribution >= 0.6 is 23.4 Å². The number of nitriles is 1. The summed E-state index contributed by atoms with van der Waals surface area (Å²) >= 11 is 7.09. The lowest BCUT2D eigenvalue weighted by Crippen LogP contribution is -2.51. The minimum absolute atomic E-state index is 0.0160. The Morgan fingerprint density at radius 2 is 1.85 bits per heavy atom. The highest BCUT2D eigenvalue weighted by Gasteiger charge is 2.33. The van der Waals surface area contributed by atoms with Crippen molar-refractivity contribution < 1.29 is 28.2 Å². The molecule has 12 heteroatoms. The molecule has 0 saturated carbocycles. The maximum Gasteiger partial charge on any atom is 0.412 e. The average Bonchev–Trinajstić information content (AvgIpc) is 2.72. The monoisotopic (exact) mass is 511 g/mol. The van der Waals surface area contributed by atoms with Crippen molar-refractivity contribution in [1.82, 2.24) is 9.21 Å². The van der Waals surface area contributed by atoms with Gasteiger partial charge in [-0.3, -0.25) is 0 Å². The van der Waals surface area contributed by atoms with Gasteiger partial charge in [0.25, 0.3) is 0 Å². The number of aliphatic hydroxyl groups is 1. The van der Waals surface area contributed by atoms with Gasteiger partial charge in [-0.2, -0.15) is 9.57 Å². The molecule has 1 heterocycles. The number of piperazine rings is 1. The van der Waals surface area contributed by atoms with Crippen LogP contribution in [0.25, 0.3) is 0 Å². The molecule has 1 saturated heterocycles. The number of benzene rings is 2. The van der Waals surface area contributed by atoms with Crippen LogP contribution < -0.4 is 0 Å². The third kappa shape index (κ3) is 6.31. The molecule has 0 spiro atoms. The molecule has 1 aliphatic heterocycles. The van der Waals surface area contributed by atoms with Crippen LogP contribution in [0.5, 0.6) is 5.75 Å². The van der Waals surface area contributed by atoms with Crippen LogP contribution in [0.2, 0.25) is 5.02 Å². The standard InChI is InChI=1S/C21H22ClN3O6S2/c1-21(2,28)31-20(27)24-5-7-25(8-6-24)33(29,30)19-9-14(13-23)3-4-18(19)32-17-11-15(22)10-16(26)12-17/h3-4,9-12,26,28H,5-8H2,1-2H3. The van der Waals surface area contributed by atoms with Gasteiger partial charge in [-0.05, 0) is 36.4 Å². The fraction of sp³-hybridized carbons (Fsp3) is 0.333. The molecule has 1 fully saturated rings. The van der Waals surface area contributed by atoms with Crippen molar-refractivity contribution in [2.24, 2.45) is 0 Å². The summed E-state index contributed by atoms with van der Waals surface area (Å²) in [5.41, 5.74) is 0.180. The number of halogens is 1. The van der Waals surface area contributed by atoms with E-state index in [4.69, 9.17) is 16.3 Å². The highest BCUT2D eigenvalue weighted by Crippen LogP contribution is 2.37. The summed E-state index contributed by atoms with van der Waals surface area (Å²) in [6.07, 6.45) is -0.733. The maximum absolute atomic E-state index is 13.5. The third-order valence-electron chi connectivity index (χ3n) is 4.61. The van der Waals surface area contributed by atoms with E-state index in [0.717, 1.165) is 11.8 Å². The molecule has 1 aliphatic rings. The zero-order valence-corrected chi connectivity index (χ0v) is 20.2. The quantitative estimate of drug-likeness (QED) is 0.585. The summed E-state index contributed by atoms with van der Waals surface area (Å²) in [6.45, 7) is 2.84. The van der Waals surface area contributed by atoms with Gasteiger partial charge in [0.05, 0.1) is 16.5 Å². The number of sulfonamides is 1. The zero-order valence-electron chi connectivity index (χ0n) is 17.9. The summed E-state index contributed by atoms with van der Waals surface area (Å²) in [4.78, 5) is 14.3. The summed E-state index contributed by atoms with van der Waals surface area (Å²) in [5.74, 6) is -1.70. The molecule has 176 valence electrons. The first-order valence-corrected chi connectivity index (χ1v) is 12.4. The highest BCUT2D eigenvalue weighted by atomic mass is 35.5. The van der Waals surface area contributed by atoms with Gasteiger partial charge in [-0.15, -0.1) is 0 Å². The number of carbonyl (C=O) groups is 1. The van der Waals surface area contributed by atoms with Crippen LogP contribution in [0.4, 0.5) is 4.79 Å². The number of ether oxygens (including phenoxy) is 1. The van der Waals surface area contributed by atoms with Gasteiger partial charge in [0.2, 0.25) is 15.8 Å². The topological polar surface area (TPSA) is 131 Å². The van der Waals surface area contributed by atoms with Crippen LogP contribution in [0.1, 0.15) is 19.4 Å². The number of hydrogen-bond acceptors (Lipinski definition) is 8. The molecule has 0 aromatic heterocycles. The van der Waals surface area contributed by atoms with Crippen LogP contribution in [0.15, 0.2) is 51.1 Å². The van der Waals surface area contributed by atoms with E-state index < -0.39 is 21.9 Å². The van der Waals surface area contributed by atoms with E-state index in [1.165, 1.54) is 53.4 Å². The fourth-order valence-corrected chi connectivity index (χ4v) is 6.30. The number of amides is 1. The predicted molar refractivity (Wildman–Crippen MR) is 122 cm³/mol. The van der Waals surface area contributed by atoms with Gasteiger partial charge in [0, 0.05) is 54.8 Å². The summed E-state index contributed by atoms with van der Waals surface area (Å²) in [5, 5.41) is 29.0. The van der Waals surface area contributed by atoms with E-state index in [9.17, 15) is 28.7 Å². The molecule has 0 aliphatic carbocycles. The number of phenols is 1. The molecular formula is C21H22ClN3O6S2. The molecule has 0 unspecified atom stereocenters. The largest absolute Gasteiger partial charge is 0.508 e. The van der Waals surface area contributed by atoms with Gasteiger partial charge >= 0.3 is 6.09 Å². The number of carbonyl (C=O) groups excluding carboxylic acids is 1. The Balaban J connectivity index is 1.85. The van der Waals surface area contributed by atoms with Gasteiger partial charge < -0.3 is 19.8 Å². The fourth-order valence-electron chi connectivity index (χ4n) is 3.13. The molecule has 9 nitrogen and oxygen atoms in total. The minimum Gasteiger partial charge on any atom is -0.508 e. The second-order valence-electron chi connectivity index (χ2n) is 7.73. The number of rotatable bonds is 5. The van der Waals surface area contributed by atoms with Crippen molar-refractivity contribution in [3.05, 3.63) is 47.0 Å². The van der Waals surface area contributed by atoms with E-state index in [0.29, 0.717) is 14.8 Å². The molecule has 1 amide bonds. The van der Waals surface area contributed by atoms with E-state index in [-0.39, 0.29) is 42.4 Å². The number of aromatic hydroxyl groups is 1. The third-order valence-corrected chi connectivity index (χ3v) is 7.94. The second-order valence-corrected chi connectivity index (χ2v) is 11.2. The Kier molecular flexibility index (Phi) is 7.45. The number of nitrogens with zero attached hydrogens (tertiary/aromatic N) is 3. The van der Waals surface area contributed by atoms with Gasteiger partial charge in [-0.25, -0.2) is 13.2 Å². The average molecular weight is 512 g/mol. The van der Waals surface area contributed by atoms with Crippen molar-refractivity contribution in [1.29, 1.82) is 5.26 Å². The summed E-state index contributed by atoms with van der Waals surface area (Å²) < 4.78 is 33.1. The summed E-state index contributed by atoms with van der Waals surface area (Å²) in [6, 6.07) is 10.7. The molecule has 3 rings (SSSR count). The van der Waals surface area contributed by atoms with Crippen molar-refractivity contribution in [3.8, 4) is 11.8 Å². The van der Waals surface area contributed by atoms with E-state index in [1.54, 1.807) is 6.07 Å². The van der Waals surface area contributed by atoms with Crippen LogP contribution in [-0.4, -0.2) is 65.9 Å². The Morgan fingerprint density at radius 1 is 1.18 bits per heavy atom. The second kappa shape index (κ2) is 9.79. The summed E-state index contributed by atoms with van der Waals surface area (Å²) in [7, 11) is -4.01. The molecule has 2 aromatic carbocycles. The van der Waals surface area contributed by atoms with Crippen molar-refractivity contribution in [2.75, 3.05) is 26.2 Å². The van der Waals surface area contributed by atoms with Crippen molar-refractivity contribution in [3.63, 3.8) is 0 Å². The minimum atomic E-state index is -4.01. The number of phenolic OH excluding ortho intramolecular Hbond substituents is 1. The van der Waals surface area contributed by atoms with Crippen LogP contribution in [0, 0.1) is 11.3 Å².